The van der Waals surface area contributed by atoms with Crippen LogP contribution in [0, 0.1) is 19.3 Å². The van der Waals surface area contributed by atoms with E-state index in [4.69, 9.17) is 4.74 Å². The Kier molecular flexibility index (Phi) is 3.25. The maximum atomic E-state index is 9.69. The first-order valence-electron chi connectivity index (χ1n) is 5.94. The topological polar surface area (TPSA) is 29.5 Å². The van der Waals surface area contributed by atoms with Crippen LogP contribution in [0.4, 0.5) is 0 Å². The van der Waals surface area contributed by atoms with Gasteiger partial charge in [-0.1, -0.05) is 29.8 Å². The van der Waals surface area contributed by atoms with Gasteiger partial charge < -0.3 is 9.84 Å². The molecule has 0 radical (unpaired) electrons. The Balaban J connectivity index is 2.16. The number of rotatable bonds is 2. The Morgan fingerprint density at radius 1 is 1.29 bits per heavy atom. The van der Waals surface area contributed by atoms with E-state index in [0.717, 1.165) is 16.6 Å². The smallest absolute Gasteiger partial charge is 0.120 e. The summed E-state index contributed by atoms with van der Waals surface area (Å²) in [5.74, 6) is 0.896. The van der Waals surface area contributed by atoms with E-state index in [0.29, 0.717) is 0 Å². The highest BCUT2D eigenvalue weighted by molar-refractivity contribution is 9.10. The van der Waals surface area contributed by atoms with E-state index in [1.807, 2.05) is 26.0 Å². The molecule has 0 bridgehead atoms. The molecule has 3 heteroatoms. The normalized spacial score (nSPS) is 26.5. The van der Waals surface area contributed by atoms with Crippen LogP contribution in [0.1, 0.15) is 31.4 Å². The molecule has 0 amide bonds. The fourth-order valence-electron chi connectivity index (χ4n) is 2.20. The van der Waals surface area contributed by atoms with E-state index in [2.05, 4.69) is 29.8 Å². The molecule has 2 nitrogen and oxygen atoms in total. The van der Waals surface area contributed by atoms with Crippen LogP contribution in [0.25, 0.3) is 0 Å². The number of aryl methyl sites for hydroxylation is 2. The van der Waals surface area contributed by atoms with Crippen LogP contribution in [0.15, 0.2) is 16.6 Å². The molecule has 94 valence electrons. The number of hydrogen-bond acceptors (Lipinski definition) is 2. The van der Waals surface area contributed by atoms with Gasteiger partial charge in [-0.15, -0.1) is 0 Å². The summed E-state index contributed by atoms with van der Waals surface area (Å²) in [5.41, 5.74) is 2.21. The van der Waals surface area contributed by atoms with Crippen LogP contribution in [-0.2, 0) is 0 Å². The maximum Gasteiger partial charge on any atom is 0.120 e. The molecule has 0 saturated heterocycles. The Morgan fingerprint density at radius 3 is 2.24 bits per heavy atom. The lowest BCUT2D eigenvalue weighted by Gasteiger charge is -2.48. The first kappa shape index (κ1) is 12.9. The van der Waals surface area contributed by atoms with Gasteiger partial charge in [0.1, 0.15) is 11.9 Å². The van der Waals surface area contributed by atoms with Crippen molar-refractivity contribution in [1.29, 1.82) is 0 Å². The van der Waals surface area contributed by atoms with Gasteiger partial charge in [0.2, 0.25) is 0 Å². The minimum absolute atomic E-state index is 0.109. The van der Waals surface area contributed by atoms with Crippen molar-refractivity contribution in [2.75, 3.05) is 0 Å². The van der Waals surface area contributed by atoms with Crippen molar-refractivity contribution in [2.45, 2.75) is 46.3 Å². The molecule has 2 unspecified atom stereocenters. The standard InChI is InChI=1S/C14H19BrO2/c1-8-5-10(6-9(2)13(8)15)17-12-7-11(16)14(12,3)4/h5-6,11-12,16H,7H2,1-4H3. The summed E-state index contributed by atoms with van der Waals surface area (Å²) in [5, 5.41) is 9.69. The van der Waals surface area contributed by atoms with Crippen LogP contribution >= 0.6 is 15.9 Å². The molecule has 1 aliphatic rings. The average molecular weight is 299 g/mol. The molecule has 1 N–H and O–H groups in total. The zero-order chi connectivity index (χ0) is 12.8. The molecule has 1 aliphatic carbocycles. The van der Waals surface area contributed by atoms with Gasteiger partial charge in [-0.05, 0) is 37.1 Å². The van der Waals surface area contributed by atoms with Gasteiger partial charge in [-0.3, -0.25) is 0 Å². The molecule has 17 heavy (non-hydrogen) atoms. The Morgan fingerprint density at radius 2 is 1.82 bits per heavy atom. The van der Waals surface area contributed by atoms with Crippen LogP contribution in [-0.4, -0.2) is 17.3 Å². The number of ether oxygens (including phenoxy) is 1. The number of halogens is 1. The van der Waals surface area contributed by atoms with Crippen molar-refractivity contribution in [3.63, 3.8) is 0 Å². The van der Waals surface area contributed by atoms with E-state index in [1.165, 1.54) is 11.1 Å². The van der Waals surface area contributed by atoms with E-state index < -0.39 is 0 Å². The Labute approximate surface area is 111 Å². The summed E-state index contributed by atoms with van der Waals surface area (Å²) in [7, 11) is 0. The second-order valence-electron chi connectivity index (χ2n) is 5.55. The molecule has 1 saturated carbocycles. The Bertz CT molecular complexity index is 417. The molecule has 1 fully saturated rings. The van der Waals surface area contributed by atoms with Gasteiger partial charge in [0, 0.05) is 16.3 Å². The third-order valence-corrected chi connectivity index (χ3v) is 5.07. The Hall–Kier alpha value is -0.540. The van der Waals surface area contributed by atoms with E-state index >= 15 is 0 Å². The van der Waals surface area contributed by atoms with E-state index in [1.54, 1.807) is 0 Å². The fourth-order valence-corrected chi connectivity index (χ4v) is 2.43. The van der Waals surface area contributed by atoms with Gasteiger partial charge >= 0.3 is 0 Å². The molecule has 0 aromatic heterocycles. The summed E-state index contributed by atoms with van der Waals surface area (Å²) in [6.45, 7) is 8.21. The largest absolute Gasteiger partial charge is 0.490 e. The zero-order valence-corrected chi connectivity index (χ0v) is 12.3. The first-order chi connectivity index (χ1) is 7.82. The van der Waals surface area contributed by atoms with Gasteiger partial charge in [-0.2, -0.15) is 0 Å². The molecule has 0 aliphatic heterocycles. The van der Waals surface area contributed by atoms with Crippen molar-refractivity contribution < 1.29 is 9.84 Å². The summed E-state index contributed by atoms with van der Waals surface area (Å²) < 4.78 is 7.11. The lowest BCUT2D eigenvalue weighted by molar-refractivity contribution is -0.134. The average Bonchev–Trinajstić information content (AvgIpc) is 2.25. The van der Waals surface area contributed by atoms with Crippen molar-refractivity contribution in [1.82, 2.24) is 0 Å². The summed E-state index contributed by atoms with van der Waals surface area (Å²) in [6.07, 6.45) is 0.587. The van der Waals surface area contributed by atoms with Crippen LogP contribution < -0.4 is 4.74 Å². The summed E-state index contributed by atoms with van der Waals surface area (Å²) in [4.78, 5) is 0. The molecule has 2 rings (SSSR count). The molecule has 2 atom stereocenters. The van der Waals surface area contributed by atoms with Crippen molar-refractivity contribution >= 4 is 15.9 Å². The molecular weight excluding hydrogens is 280 g/mol. The minimum atomic E-state index is -0.245. The third-order valence-electron chi connectivity index (χ3n) is 3.81. The van der Waals surface area contributed by atoms with E-state index in [-0.39, 0.29) is 17.6 Å². The van der Waals surface area contributed by atoms with Crippen molar-refractivity contribution in [3.05, 3.63) is 27.7 Å². The van der Waals surface area contributed by atoms with Crippen LogP contribution in [0.2, 0.25) is 0 Å². The SMILES string of the molecule is Cc1cc(OC2CC(O)C2(C)C)cc(C)c1Br. The molecular formula is C14H19BrO2. The summed E-state index contributed by atoms with van der Waals surface area (Å²) in [6, 6.07) is 4.08. The lowest BCUT2D eigenvalue weighted by atomic mass is 9.66. The highest BCUT2D eigenvalue weighted by Crippen LogP contribution is 2.43. The second-order valence-corrected chi connectivity index (χ2v) is 6.34. The summed E-state index contributed by atoms with van der Waals surface area (Å²) >= 11 is 3.55. The predicted molar refractivity (Wildman–Crippen MR) is 72.4 cm³/mol. The van der Waals surface area contributed by atoms with Gasteiger partial charge in [-0.25, -0.2) is 0 Å². The monoisotopic (exact) mass is 298 g/mol. The highest BCUT2D eigenvalue weighted by Gasteiger charge is 2.49. The number of aliphatic hydroxyl groups excluding tert-OH is 1. The fraction of sp³-hybridized carbons (Fsp3) is 0.571. The van der Waals surface area contributed by atoms with Crippen LogP contribution in [0.5, 0.6) is 5.75 Å². The van der Waals surface area contributed by atoms with E-state index in [9.17, 15) is 5.11 Å². The van der Waals surface area contributed by atoms with Crippen LogP contribution in [0.3, 0.4) is 0 Å². The molecule has 0 heterocycles. The first-order valence-corrected chi connectivity index (χ1v) is 6.73. The predicted octanol–water partition coefficient (Wildman–Crippen LogP) is 3.60. The minimum Gasteiger partial charge on any atom is -0.490 e. The zero-order valence-electron chi connectivity index (χ0n) is 10.7. The van der Waals surface area contributed by atoms with Crippen molar-refractivity contribution in [3.8, 4) is 5.75 Å². The highest BCUT2D eigenvalue weighted by atomic mass is 79.9. The maximum absolute atomic E-state index is 9.69. The molecule has 1 aromatic rings. The van der Waals surface area contributed by atoms with Gasteiger partial charge in [0.05, 0.1) is 6.10 Å². The van der Waals surface area contributed by atoms with Gasteiger partial charge in [0.15, 0.2) is 0 Å². The lowest BCUT2D eigenvalue weighted by Crippen LogP contribution is -2.56. The number of hydrogen-bond donors (Lipinski definition) is 1. The molecule has 0 spiro atoms. The molecule has 1 aromatic carbocycles. The van der Waals surface area contributed by atoms with Gasteiger partial charge in [0.25, 0.3) is 0 Å². The quantitative estimate of drug-likeness (QED) is 0.904. The number of benzene rings is 1. The number of aliphatic hydroxyl groups is 1. The third kappa shape index (κ3) is 2.23. The second kappa shape index (κ2) is 4.29. The van der Waals surface area contributed by atoms with Crippen molar-refractivity contribution in [2.24, 2.45) is 5.41 Å².